The molecule has 0 aliphatic carbocycles. The number of nitrogens with zero attached hydrogens (tertiary/aromatic N) is 2. The maximum atomic E-state index is 8.58. The van der Waals surface area contributed by atoms with Gasteiger partial charge in [0.15, 0.2) is 0 Å². The van der Waals surface area contributed by atoms with Gasteiger partial charge >= 0.3 is 58.5 Å². The summed E-state index contributed by atoms with van der Waals surface area (Å²) in [5.74, 6) is 0. The molecule has 0 fully saturated rings. The molecule has 442 valence electrons. The van der Waals surface area contributed by atoms with Crippen LogP contribution >= 0.6 is 22.7 Å². The molecule has 4 nitrogen and oxygen atoms in total. The van der Waals surface area contributed by atoms with Crippen molar-refractivity contribution in [2.45, 2.75) is 6.92 Å². The number of hydrogen-bond acceptors (Lipinski definition) is 6. The second kappa shape index (κ2) is 29.1. The minimum Gasteiger partial charge on any atom is -1.00 e. The Morgan fingerprint density at radius 3 is 0.903 bits per heavy atom. The van der Waals surface area contributed by atoms with Gasteiger partial charge in [-0.2, -0.15) is 0 Å². The van der Waals surface area contributed by atoms with Gasteiger partial charge < -0.3 is 21.3 Å². The largest absolute Gasteiger partial charge is 1.00 e. The van der Waals surface area contributed by atoms with Crippen LogP contribution in [0.25, 0.3) is 96.0 Å². The molecule has 0 unspecified atom stereocenters. The van der Waals surface area contributed by atoms with Crippen LogP contribution < -0.4 is 66.6 Å². The molecule has 0 bridgehead atoms. The molecule has 16 aromatic rings. The molecular weight excluding hydrogens is 1190 g/mol. The molecule has 0 amide bonds. The average molecular weight is 1260 g/mol. The van der Waals surface area contributed by atoms with E-state index in [1.54, 1.807) is 24.3 Å². The molecule has 16 rings (SSSR count). The van der Waals surface area contributed by atoms with Crippen molar-refractivity contribution < 1.29 is 62.9 Å². The van der Waals surface area contributed by atoms with Crippen molar-refractivity contribution in [1.82, 2.24) is 0 Å². The van der Waals surface area contributed by atoms with E-state index in [1.165, 1.54) is 107 Å². The fourth-order valence-corrected chi connectivity index (χ4v) is 14.7. The monoisotopic (exact) mass is 1260 g/mol. The summed E-state index contributed by atoms with van der Waals surface area (Å²) in [6.07, 6.45) is 0. The summed E-state index contributed by atoms with van der Waals surface area (Å²) in [6.45, 7) is 2.26. The van der Waals surface area contributed by atoms with Gasteiger partial charge in [0, 0.05) is 68.7 Å². The fourth-order valence-electron chi connectivity index (χ4n) is 12.2. The van der Waals surface area contributed by atoms with Crippen molar-refractivity contribution in [3.63, 3.8) is 0 Å². The second-order valence-corrected chi connectivity index (χ2v) is 24.7. The van der Waals surface area contributed by atoms with Crippen molar-refractivity contribution in [2.75, 3.05) is 9.80 Å². The molecular formula is C85H64BKN2O2S2. The Morgan fingerprint density at radius 1 is 0.269 bits per heavy atom. The van der Waals surface area contributed by atoms with E-state index in [2.05, 4.69) is 338 Å². The van der Waals surface area contributed by atoms with Gasteiger partial charge in [-0.05, 0) is 141 Å². The van der Waals surface area contributed by atoms with Crippen molar-refractivity contribution in [3.05, 3.63) is 357 Å². The van der Waals surface area contributed by atoms with Gasteiger partial charge in [0.25, 0.3) is 0 Å². The third-order valence-corrected chi connectivity index (χ3v) is 19.4. The Bertz CT molecular complexity index is 4940. The molecule has 93 heavy (non-hydrogen) atoms. The first-order valence-corrected chi connectivity index (χ1v) is 32.6. The zero-order valence-electron chi connectivity index (χ0n) is 52.7. The molecule has 0 saturated heterocycles. The molecule has 2 N–H and O–H groups in total. The minimum atomic E-state index is -1.34. The molecule has 0 aliphatic heterocycles. The van der Waals surface area contributed by atoms with Gasteiger partial charge in [0.1, 0.15) is 0 Å². The van der Waals surface area contributed by atoms with Crippen molar-refractivity contribution >= 4 is 110 Å². The number of fused-ring (bicyclic) bond motifs is 6. The van der Waals surface area contributed by atoms with Gasteiger partial charge in [-0.1, -0.05) is 279 Å². The summed E-state index contributed by atoms with van der Waals surface area (Å²) in [4.78, 5) is 4.80. The fraction of sp³-hybridized carbons (Fsp3) is 0.0118. The zero-order valence-corrected chi connectivity index (χ0v) is 56.4. The Balaban J connectivity index is 0.000000157. The van der Waals surface area contributed by atoms with E-state index >= 15 is 0 Å². The molecule has 0 aliphatic rings. The topological polar surface area (TPSA) is 46.9 Å². The average Bonchev–Trinajstić information content (AvgIpc) is 1.52. The summed E-state index contributed by atoms with van der Waals surface area (Å²) in [5.41, 5.74) is 20.9. The van der Waals surface area contributed by atoms with E-state index in [0.29, 0.717) is 5.46 Å². The Morgan fingerprint density at radius 2 is 0.548 bits per heavy atom. The maximum Gasteiger partial charge on any atom is 1.00 e. The van der Waals surface area contributed by atoms with Gasteiger partial charge in [-0.15, -0.1) is 22.7 Å². The number of anilines is 6. The summed E-state index contributed by atoms with van der Waals surface area (Å²) >= 11 is 3.76. The van der Waals surface area contributed by atoms with Gasteiger partial charge in [-0.3, -0.25) is 0 Å². The van der Waals surface area contributed by atoms with Crippen LogP contribution in [0.4, 0.5) is 34.1 Å². The summed E-state index contributed by atoms with van der Waals surface area (Å²) in [5, 5.41) is 22.4. The number of rotatable bonds is 12. The van der Waals surface area contributed by atoms with Crippen LogP contribution in [-0.2, 0) is 0 Å². The number of benzene rings is 14. The molecule has 2 aromatic heterocycles. The number of aryl methyl sites for hydroxylation is 1. The van der Waals surface area contributed by atoms with Crippen LogP contribution in [0.15, 0.2) is 352 Å². The maximum absolute atomic E-state index is 8.58. The number of hydrogen-bond donors (Lipinski definition) is 2. The third-order valence-electron chi connectivity index (χ3n) is 16.9. The standard InChI is InChI=1S/C42H29NS.C37H27NS.C6H7BO2.K.H/c1-4-12-30(13-5-1)32-20-24-35(25-21-32)43(36-26-22-33(23-27-36)31-14-6-2-7-15-31)39-29-28-38-37-18-10-11-19-40(37)44-42(38)41(39)34-16-8-3-9-17-34;1-26-35(25-24-34-33-14-8-9-15-36(33)39-37(26)34)38(31-20-16-29(17-21-31)27-10-4-2-5-11-27)32-22-18-30(19-23-32)28-12-6-3-7-13-28;8-7(9)6-4-2-1-3-5-6;;/h1-29H;2-25H,1H3;1-5,8-9H;;/q;;;+1;-1. The van der Waals surface area contributed by atoms with Gasteiger partial charge in [-0.25, -0.2) is 0 Å². The molecule has 0 radical (unpaired) electrons. The minimum absolute atomic E-state index is 0. The predicted molar refractivity (Wildman–Crippen MR) is 397 cm³/mol. The van der Waals surface area contributed by atoms with E-state index in [0.717, 1.165) is 28.4 Å². The van der Waals surface area contributed by atoms with Crippen LogP contribution in [-0.4, -0.2) is 17.2 Å². The van der Waals surface area contributed by atoms with E-state index in [1.807, 2.05) is 28.7 Å². The van der Waals surface area contributed by atoms with Crippen LogP contribution in [0, 0.1) is 6.92 Å². The van der Waals surface area contributed by atoms with Crippen molar-refractivity contribution in [1.29, 1.82) is 0 Å². The van der Waals surface area contributed by atoms with Crippen molar-refractivity contribution in [2.24, 2.45) is 0 Å². The smallest absolute Gasteiger partial charge is 1.00 e. The molecule has 0 spiro atoms. The molecule has 8 heteroatoms. The molecule has 14 aromatic carbocycles. The van der Waals surface area contributed by atoms with Crippen LogP contribution in [0.2, 0.25) is 0 Å². The van der Waals surface area contributed by atoms with E-state index in [-0.39, 0.29) is 52.8 Å². The second-order valence-electron chi connectivity index (χ2n) is 22.6. The zero-order chi connectivity index (χ0) is 62.2. The van der Waals surface area contributed by atoms with Crippen molar-refractivity contribution in [3.8, 4) is 55.6 Å². The predicted octanol–water partition coefficient (Wildman–Crippen LogP) is 20.2. The van der Waals surface area contributed by atoms with Crippen LogP contribution in [0.1, 0.15) is 6.99 Å². The number of thiophene rings is 2. The van der Waals surface area contributed by atoms with Crippen LogP contribution in [0.3, 0.4) is 0 Å². The normalized spacial score (nSPS) is 10.9. The molecule has 2 heterocycles. The Hall–Kier alpha value is -9.26. The summed E-state index contributed by atoms with van der Waals surface area (Å²) < 4.78 is 5.30. The molecule has 0 atom stereocenters. The summed E-state index contributed by atoms with van der Waals surface area (Å²) in [6, 6.07) is 124. The third kappa shape index (κ3) is 13.7. The first-order valence-electron chi connectivity index (χ1n) is 30.9. The quantitative estimate of drug-likeness (QED) is 0.120. The van der Waals surface area contributed by atoms with Gasteiger partial charge in [0.05, 0.1) is 11.4 Å². The molecule has 0 saturated carbocycles. The van der Waals surface area contributed by atoms with E-state index in [9.17, 15) is 0 Å². The van der Waals surface area contributed by atoms with E-state index < -0.39 is 7.12 Å². The first kappa shape index (κ1) is 62.5. The Labute approximate surface area is 596 Å². The van der Waals surface area contributed by atoms with Crippen LogP contribution in [0.5, 0.6) is 0 Å². The SMILES string of the molecule is Cc1c(N(c2ccc(-c3ccccc3)cc2)c2ccc(-c3ccccc3)cc2)ccc2c1sc1ccccc12.OB(O)c1ccccc1.[H-].[K+].c1ccc(-c2ccc(N(c3ccc(-c4ccccc4)cc3)c3ccc4c(sc5ccccc54)c3-c3ccccc3)cc2)cc1. The van der Waals surface area contributed by atoms with E-state index in [4.69, 9.17) is 10.0 Å². The Kier molecular flexibility index (Phi) is 19.6. The summed E-state index contributed by atoms with van der Waals surface area (Å²) in [7, 11) is -1.34. The van der Waals surface area contributed by atoms with Gasteiger partial charge in [0.2, 0.25) is 0 Å². The first-order chi connectivity index (χ1) is 45.4.